The third-order valence-electron chi connectivity index (χ3n) is 2.62. The molecular weight excluding hydrogens is 146 g/mol. The zero-order valence-corrected chi connectivity index (χ0v) is 7.51. The summed E-state index contributed by atoms with van der Waals surface area (Å²) in [5, 5.41) is 3.46. The fraction of sp³-hybridized carbons (Fsp3) is 0.455. The van der Waals surface area contributed by atoms with E-state index in [-0.39, 0.29) is 0 Å². The van der Waals surface area contributed by atoms with Gasteiger partial charge in [-0.2, -0.15) is 0 Å². The first-order valence-electron chi connectivity index (χ1n) is 4.71. The minimum Gasteiger partial charge on any atom is -0.385 e. The Kier molecular flexibility index (Phi) is 2.03. The first-order valence-corrected chi connectivity index (χ1v) is 4.71. The van der Waals surface area contributed by atoms with Crippen molar-refractivity contribution in [1.29, 1.82) is 0 Å². The molecule has 0 unspecified atom stereocenters. The van der Waals surface area contributed by atoms with Crippen molar-refractivity contribution in [3.05, 3.63) is 29.8 Å². The summed E-state index contributed by atoms with van der Waals surface area (Å²) >= 11 is 0. The van der Waals surface area contributed by atoms with Crippen molar-refractivity contribution < 1.29 is 0 Å². The molecule has 0 saturated heterocycles. The molecule has 64 valence electrons. The van der Waals surface area contributed by atoms with Crippen LogP contribution in [-0.2, 0) is 0 Å². The van der Waals surface area contributed by atoms with Crippen molar-refractivity contribution in [3.8, 4) is 0 Å². The van der Waals surface area contributed by atoms with E-state index < -0.39 is 0 Å². The molecule has 12 heavy (non-hydrogen) atoms. The number of benzene rings is 1. The predicted octanol–water partition coefficient (Wildman–Crippen LogP) is 3.00. The lowest BCUT2D eigenvalue weighted by molar-refractivity contribution is 0.667. The van der Waals surface area contributed by atoms with Gasteiger partial charge in [-0.3, -0.25) is 0 Å². The van der Waals surface area contributed by atoms with Gasteiger partial charge in [-0.05, 0) is 30.4 Å². The van der Waals surface area contributed by atoms with Crippen LogP contribution in [-0.4, -0.2) is 6.54 Å². The van der Waals surface area contributed by atoms with Crippen LogP contribution in [0.2, 0.25) is 0 Å². The first-order chi connectivity index (χ1) is 5.88. The molecule has 0 aliphatic carbocycles. The molecule has 1 atom stereocenters. The Morgan fingerprint density at radius 1 is 1.33 bits per heavy atom. The number of rotatable bonds is 0. The van der Waals surface area contributed by atoms with Gasteiger partial charge >= 0.3 is 0 Å². The topological polar surface area (TPSA) is 12.0 Å². The summed E-state index contributed by atoms with van der Waals surface area (Å²) in [5.41, 5.74) is 2.82. The second-order valence-corrected chi connectivity index (χ2v) is 3.56. The van der Waals surface area contributed by atoms with E-state index in [4.69, 9.17) is 0 Å². The molecule has 1 nitrogen and oxygen atoms in total. The summed E-state index contributed by atoms with van der Waals surface area (Å²) in [5.74, 6) is 0.719. The molecule has 1 aliphatic heterocycles. The highest BCUT2D eigenvalue weighted by molar-refractivity contribution is 5.53. The first kappa shape index (κ1) is 7.66. The van der Waals surface area contributed by atoms with Crippen molar-refractivity contribution in [2.75, 3.05) is 11.9 Å². The van der Waals surface area contributed by atoms with E-state index in [9.17, 15) is 0 Å². The lowest BCUT2D eigenvalue weighted by Crippen LogP contribution is -1.98. The quantitative estimate of drug-likeness (QED) is 0.616. The Labute approximate surface area is 73.8 Å². The fourth-order valence-electron chi connectivity index (χ4n) is 1.87. The van der Waals surface area contributed by atoms with Gasteiger partial charge in [0.15, 0.2) is 0 Å². The van der Waals surface area contributed by atoms with Crippen LogP contribution in [0.25, 0.3) is 0 Å². The van der Waals surface area contributed by atoms with E-state index >= 15 is 0 Å². The second-order valence-electron chi connectivity index (χ2n) is 3.56. The maximum Gasteiger partial charge on any atom is 0.0375 e. The Hall–Kier alpha value is -0.980. The molecule has 0 spiro atoms. The summed E-state index contributed by atoms with van der Waals surface area (Å²) in [6, 6.07) is 8.64. The molecule has 0 aromatic heterocycles. The number of para-hydroxylation sites is 1. The highest BCUT2D eigenvalue weighted by Crippen LogP contribution is 2.29. The summed E-state index contributed by atoms with van der Waals surface area (Å²) in [6.45, 7) is 3.44. The number of nitrogens with one attached hydrogen (secondary N) is 1. The molecule has 1 aromatic carbocycles. The molecule has 1 aromatic rings. The Bertz CT molecular complexity index is 267. The smallest absolute Gasteiger partial charge is 0.0375 e. The Morgan fingerprint density at radius 2 is 2.17 bits per heavy atom. The highest BCUT2D eigenvalue weighted by Gasteiger charge is 2.12. The Morgan fingerprint density at radius 3 is 3.08 bits per heavy atom. The number of fused-ring (bicyclic) bond motifs is 1. The summed E-state index contributed by atoms with van der Waals surface area (Å²) in [7, 11) is 0. The van der Waals surface area contributed by atoms with Gasteiger partial charge in [-0.15, -0.1) is 0 Å². The molecule has 1 heteroatoms. The average Bonchev–Trinajstić information content (AvgIpc) is 2.29. The molecule has 1 heterocycles. The highest BCUT2D eigenvalue weighted by atomic mass is 14.9. The average molecular weight is 161 g/mol. The van der Waals surface area contributed by atoms with Gasteiger partial charge in [0.05, 0.1) is 0 Å². The van der Waals surface area contributed by atoms with Crippen molar-refractivity contribution in [1.82, 2.24) is 0 Å². The van der Waals surface area contributed by atoms with E-state index in [1.807, 2.05) is 0 Å². The van der Waals surface area contributed by atoms with E-state index in [0.717, 1.165) is 12.5 Å². The molecule has 0 saturated carbocycles. The van der Waals surface area contributed by atoms with E-state index in [1.165, 1.54) is 24.1 Å². The predicted molar refractivity (Wildman–Crippen MR) is 52.6 cm³/mol. The molecule has 2 rings (SSSR count). The SMILES string of the molecule is C[C@@H]1CCCNc2ccccc21. The van der Waals surface area contributed by atoms with E-state index in [0.29, 0.717) is 0 Å². The normalized spacial score (nSPS) is 22.2. The van der Waals surface area contributed by atoms with Crippen LogP contribution in [0.5, 0.6) is 0 Å². The minimum absolute atomic E-state index is 0.719. The molecule has 0 amide bonds. The largest absolute Gasteiger partial charge is 0.385 e. The van der Waals surface area contributed by atoms with Crippen LogP contribution in [0.4, 0.5) is 5.69 Å². The van der Waals surface area contributed by atoms with Crippen molar-refractivity contribution in [3.63, 3.8) is 0 Å². The van der Waals surface area contributed by atoms with Crippen LogP contribution in [0, 0.1) is 0 Å². The van der Waals surface area contributed by atoms with Gasteiger partial charge in [-0.25, -0.2) is 0 Å². The molecule has 1 N–H and O–H groups in total. The van der Waals surface area contributed by atoms with Crippen LogP contribution >= 0.6 is 0 Å². The lowest BCUT2D eigenvalue weighted by Gasteiger charge is -2.11. The van der Waals surface area contributed by atoms with E-state index in [1.54, 1.807) is 0 Å². The maximum absolute atomic E-state index is 3.46. The summed E-state index contributed by atoms with van der Waals surface area (Å²) in [6.07, 6.45) is 2.60. The van der Waals surface area contributed by atoms with Crippen molar-refractivity contribution in [2.45, 2.75) is 25.7 Å². The van der Waals surface area contributed by atoms with Crippen LogP contribution in [0.1, 0.15) is 31.2 Å². The zero-order chi connectivity index (χ0) is 8.39. The van der Waals surface area contributed by atoms with Gasteiger partial charge in [0, 0.05) is 12.2 Å². The fourth-order valence-corrected chi connectivity index (χ4v) is 1.87. The summed E-state index contributed by atoms with van der Waals surface area (Å²) in [4.78, 5) is 0. The number of anilines is 1. The molecular formula is C11H15N. The zero-order valence-electron chi connectivity index (χ0n) is 7.51. The van der Waals surface area contributed by atoms with E-state index in [2.05, 4.69) is 36.5 Å². The molecule has 0 fully saturated rings. The molecule has 0 radical (unpaired) electrons. The third kappa shape index (κ3) is 1.31. The number of hydrogen-bond donors (Lipinski definition) is 1. The molecule has 1 aliphatic rings. The maximum atomic E-state index is 3.46. The summed E-state index contributed by atoms with van der Waals surface area (Å²) < 4.78 is 0. The number of hydrogen-bond acceptors (Lipinski definition) is 1. The van der Waals surface area contributed by atoms with Crippen LogP contribution < -0.4 is 5.32 Å². The van der Waals surface area contributed by atoms with Crippen molar-refractivity contribution >= 4 is 5.69 Å². The van der Waals surface area contributed by atoms with Gasteiger partial charge < -0.3 is 5.32 Å². The lowest BCUT2D eigenvalue weighted by atomic mass is 9.96. The van der Waals surface area contributed by atoms with Gasteiger partial charge in [0.25, 0.3) is 0 Å². The Balaban J connectivity index is 2.39. The monoisotopic (exact) mass is 161 g/mol. The van der Waals surface area contributed by atoms with Crippen LogP contribution in [0.3, 0.4) is 0 Å². The van der Waals surface area contributed by atoms with Crippen molar-refractivity contribution in [2.24, 2.45) is 0 Å². The van der Waals surface area contributed by atoms with Gasteiger partial charge in [0.2, 0.25) is 0 Å². The van der Waals surface area contributed by atoms with Gasteiger partial charge in [-0.1, -0.05) is 25.1 Å². The second kappa shape index (κ2) is 3.18. The standard InChI is InChI=1S/C11H15N/c1-9-5-4-8-12-11-7-3-2-6-10(9)11/h2-3,6-7,9,12H,4-5,8H2,1H3/t9-/m1/s1. The molecule has 0 bridgehead atoms. The minimum atomic E-state index is 0.719. The van der Waals surface area contributed by atoms with Crippen LogP contribution in [0.15, 0.2) is 24.3 Å². The van der Waals surface area contributed by atoms with Gasteiger partial charge in [0.1, 0.15) is 0 Å². The third-order valence-corrected chi connectivity index (χ3v) is 2.62.